The zero-order chi connectivity index (χ0) is 23.0. The van der Waals surface area contributed by atoms with Gasteiger partial charge in [0.25, 0.3) is 15.1 Å². The summed E-state index contributed by atoms with van der Waals surface area (Å²) in [4.78, 5) is 10.6. The van der Waals surface area contributed by atoms with Crippen molar-refractivity contribution in [2.24, 2.45) is 0 Å². The van der Waals surface area contributed by atoms with Gasteiger partial charge in [-0.15, -0.1) is 0 Å². The fourth-order valence-corrected chi connectivity index (χ4v) is 4.92. The van der Waals surface area contributed by atoms with Crippen LogP contribution in [0.25, 0.3) is 16.3 Å². The summed E-state index contributed by atoms with van der Waals surface area (Å²) in [5.41, 5.74) is 1.85. The van der Waals surface area contributed by atoms with Gasteiger partial charge < -0.3 is 10.4 Å². The molecule has 9 heteroatoms. The number of thiazole rings is 1. The highest BCUT2D eigenvalue weighted by Crippen LogP contribution is 2.25. The lowest BCUT2D eigenvalue weighted by Crippen LogP contribution is -2.35. The zero-order valence-corrected chi connectivity index (χ0v) is 19.0. The third-order valence-electron chi connectivity index (χ3n) is 4.74. The number of carboxylic acids is 1. The molecule has 2 aromatic carbocycles. The van der Waals surface area contributed by atoms with Crippen molar-refractivity contribution in [2.45, 2.75) is 37.1 Å². The van der Waals surface area contributed by atoms with E-state index in [2.05, 4.69) is 9.88 Å². The van der Waals surface area contributed by atoms with Crippen LogP contribution in [-0.4, -0.2) is 24.0 Å². The molecule has 1 aromatic heterocycles. The highest BCUT2D eigenvalue weighted by molar-refractivity contribution is 7.85. The topological polar surface area (TPSA) is 108 Å². The Labute approximate surface area is 191 Å². The number of nitrogens with zero attached hydrogens (tertiary/aromatic N) is 1. The van der Waals surface area contributed by atoms with Gasteiger partial charge >= 0.3 is 5.97 Å². The SMILES string of the molecule is O=C(O)CCCCC[n+]1c(/C=C/C=C/Nc2ccccc2)sc2cc(S(=O)(=O)O)ccc21. The zero-order valence-electron chi connectivity index (χ0n) is 17.3. The number of nitrogens with one attached hydrogen (secondary N) is 1. The van der Waals surface area contributed by atoms with E-state index in [4.69, 9.17) is 5.11 Å². The second-order valence-corrected chi connectivity index (χ2v) is 9.61. The van der Waals surface area contributed by atoms with Crippen LogP contribution in [0.2, 0.25) is 0 Å². The number of aliphatic carboxylic acids is 1. The normalized spacial score (nSPS) is 12.2. The quantitative estimate of drug-likeness (QED) is 0.161. The van der Waals surface area contributed by atoms with Crippen molar-refractivity contribution in [1.82, 2.24) is 0 Å². The van der Waals surface area contributed by atoms with Gasteiger partial charge in [-0.3, -0.25) is 9.35 Å². The van der Waals surface area contributed by atoms with E-state index >= 15 is 0 Å². The standard InChI is InChI=1S/C23H24N2O5S2/c26-23(27)12-5-2-8-16-25-20-14-13-19(32(28,29)30)17-21(20)31-22(25)11-6-7-15-24-18-9-3-1-4-10-18/h1,3-4,6-7,9-11,13-15,17H,2,5,8,12,16H2,(H2,26,27,28,29,30)/p+1. The number of fused-ring (bicyclic) bond motifs is 1. The maximum Gasteiger partial charge on any atom is 0.303 e. The van der Waals surface area contributed by atoms with E-state index in [-0.39, 0.29) is 11.3 Å². The predicted molar refractivity (Wildman–Crippen MR) is 126 cm³/mol. The Kier molecular flexibility index (Phi) is 8.15. The molecule has 0 aliphatic heterocycles. The second-order valence-electron chi connectivity index (χ2n) is 7.13. The Balaban J connectivity index is 1.79. The summed E-state index contributed by atoms with van der Waals surface area (Å²) in [5, 5.41) is 12.9. The fourth-order valence-electron chi connectivity index (χ4n) is 3.20. The summed E-state index contributed by atoms with van der Waals surface area (Å²) in [6.07, 6.45) is 9.88. The van der Waals surface area contributed by atoms with Gasteiger partial charge in [-0.25, -0.2) is 0 Å². The summed E-state index contributed by atoms with van der Waals surface area (Å²) in [6.45, 7) is 0.677. The molecular weight excluding hydrogens is 448 g/mol. The first-order chi connectivity index (χ1) is 15.3. The van der Waals surface area contributed by atoms with Gasteiger partial charge in [0, 0.05) is 36.9 Å². The molecule has 3 N–H and O–H groups in total. The van der Waals surface area contributed by atoms with Gasteiger partial charge in [0.1, 0.15) is 4.70 Å². The Morgan fingerprint density at radius 3 is 2.56 bits per heavy atom. The van der Waals surface area contributed by atoms with E-state index in [0.717, 1.165) is 33.8 Å². The molecule has 0 saturated heterocycles. The van der Waals surface area contributed by atoms with Crippen LogP contribution in [0, 0.1) is 0 Å². The molecule has 7 nitrogen and oxygen atoms in total. The van der Waals surface area contributed by atoms with Crippen LogP contribution in [0.15, 0.2) is 71.8 Å². The van der Waals surface area contributed by atoms with Crippen LogP contribution in [0.3, 0.4) is 0 Å². The molecule has 0 atom stereocenters. The minimum atomic E-state index is -4.28. The third-order valence-corrected chi connectivity index (χ3v) is 6.70. The summed E-state index contributed by atoms with van der Waals surface area (Å²) >= 11 is 1.43. The van der Waals surface area contributed by atoms with Crippen LogP contribution in [0.5, 0.6) is 0 Å². The second kappa shape index (κ2) is 11.0. The minimum Gasteiger partial charge on any atom is -0.481 e. The maximum atomic E-state index is 11.5. The molecule has 1 heterocycles. The van der Waals surface area contributed by atoms with Crippen LogP contribution < -0.4 is 9.88 Å². The number of hydrogen-bond acceptors (Lipinski definition) is 5. The molecule has 0 aliphatic rings. The molecule has 0 radical (unpaired) electrons. The summed E-state index contributed by atoms with van der Waals surface area (Å²) < 4.78 is 35.2. The highest BCUT2D eigenvalue weighted by Gasteiger charge is 2.21. The fraction of sp³-hybridized carbons (Fsp3) is 0.217. The first kappa shape index (κ1) is 23.6. The molecule has 0 amide bonds. The van der Waals surface area contributed by atoms with E-state index in [0.29, 0.717) is 13.0 Å². The number of carbonyl (C=O) groups is 1. The molecule has 0 bridgehead atoms. The van der Waals surface area contributed by atoms with Crippen molar-refractivity contribution in [3.63, 3.8) is 0 Å². The number of aromatic nitrogens is 1. The van der Waals surface area contributed by atoms with Crippen molar-refractivity contribution in [3.05, 3.63) is 71.9 Å². The Hall–Kier alpha value is -3.01. The maximum absolute atomic E-state index is 11.5. The predicted octanol–water partition coefficient (Wildman–Crippen LogP) is 4.72. The van der Waals surface area contributed by atoms with Crippen LogP contribution >= 0.6 is 11.3 Å². The van der Waals surface area contributed by atoms with Crippen molar-refractivity contribution in [2.75, 3.05) is 5.32 Å². The third kappa shape index (κ3) is 6.74. The number of anilines is 1. The van der Waals surface area contributed by atoms with Crippen LogP contribution in [-0.2, 0) is 21.5 Å². The number of carboxylic acid groups (broad SMARTS) is 1. The molecule has 0 fully saturated rings. The van der Waals surface area contributed by atoms with Crippen molar-refractivity contribution < 1.29 is 27.4 Å². The van der Waals surface area contributed by atoms with Gasteiger partial charge in [0.2, 0.25) is 5.52 Å². The average molecular weight is 474 g/mol. The molecule has 168 valence electrons. The number of aryl methyl sites for hydroxylation is 1. The molecule has 3 aromatic rings. The van der Waals surface area contributed by atoms with Gasteiger partial charge in [0.05, 0.1) is 4.90 Å². The van der Waals surface area contributed by atoms with E-state index in [1.807, 2.05) is 54.8 Å². The Morgan fingerprint density at radius 1 is 1.06 bits per heavy atom. The lowest BCUT2D eigenvalue weighted by Gasteiger charge is -1.99. The van der Waals surface area contributed by atoms with E-state index < -0.39 is 16.1 Å². The number of rotatable bonds is 11. The summed E-state index contributed by atoms with van der Waals surface area (Å²) in [6, 6.07) is 14.3. The number of unbranched alkanes of at least 4 members (excludes halogenated alkanes) is 2. The Bertz CT molecular complexity index is 1230. The molecule has 0 saturated carbocycles. The van der Waals surface area contributed by atoms with E-state index in [9.17, 15) is 17.8 Å². The smallest absolute Gasteiger partial charge is 0.303 e. The highest BCUT2D eigenvalue weighted by atomic mass is 32.2. The molecule has 0 spiro atoms. The van der Waals surface area contributed by atoms with E-state index in [1.54, 1.807) is 6.07 Å². The van der Waals surface area contributed by atoms with Gasteiger partial charge in [-0.05, 0) is 43.2 Å². The first-order valence-electron chi connectivity index (χ1n) is 10.1. The number of benzene rings is 2. The van der Waals surface area contributed by atoms with Crippen molar-refractivity contribution in [3.8, 4) is 0 Å². The van der Waals surface area contributed by atoms with Gasteiger partial charge in [0.15, 0.2) is 6.54 Å². The Morgan fingerprint density at radius 2 is 1.84 bits per heavy atom. The van der Waals surface area contributed by atoms with Crippen LogP contribution in [0.1, 0.15) is 30.7 Å². The summed E-state index contributed by atoms with van der Waals surface area (Å²) in [5.74, 6) is -0.795. The van der Waals surface area contributed by atoms with Crippen molar-refractivity contribution >= 4 is 49.4 Å². The lowest BCUT2D eigenvalue weighted by molar-refractivity contribution is -0.669. The molecule has 32 heavy (non-hydrogen) atoms. The molecule has 0 unspecified atom stereocenters. The minimum absolute atomic E-state index is 0.137. The molecule has 0 aliphatic carbocycles. The average Bonchev–Trinajstić information content (AvgIpc) is 3.10. The largest absolute Gasteiger partial charge is 0.481 e. The van der Waals surface area contributed by atoms with Crippen molar-refractivity contribution in [1.29, 1.82) is 0 Å². The molecule has 3 rings (SSSR count). The van der Waals surface area contributed by atoms with Gasteiger partial charge in [-0.1, -0.05) is 35.6 Å². The first-order valence-corrected chi connectivity index (χ1v) is 12.4. The monoisotopic (exact) mass is 473 g/mol. The molecular formula is C23H25N2O5S2+. The number of hydrogen-bond donors (Lipinski definition) is 3. The lowest BCUT2D eigenvalue weighted by atomic mass is 10.2. The van der Waals surface area contributed by atoms with Gasteiger partial charge in [-0.2, -0.15) is 13.0 Å². The van der Waals surface area contributed by atoms with Crippen LogP contribution in [0.4, 0.5) is 5.69 Å². The number of para-hydroxylation sites is 1. The number of allylic oxidation sites excluding steroid dienone is 2. The summed E-state index contributed by atoms with van der Waals surface area (Å²) in [7, 11) is -4.28. The van der Waals surface area contributed by atoms with E-state index in [1.165, 1.54) is 23.5 Å².